The van der Waals surface area contributed by atoms with Gasteiger partial charge in [-0.1, -0.05) is 6.58 Å². The van der Waals surface area contributed by atoms with E-state index in [2.05, 4.69) is 6.58 Å². The van der Waals surface area contributed by atoms with Gasteiger partial charge < -0.3 is 10.0 Å². The summed E-state index contributed by atoms with van der Waals surface area (Å²) in [6.07, 6.45) is 2.64. The molecule has 1 N–H and O–H groups in total. The fourth-order valence-corrected chi connectivity index (χ4v) is 1.90. The zero-order chi connectivity index (χ0) is 10.7. The number of nitrogens with zero attached hydrogens (tertiary/aromatic N) is 1. The van der Waals surface area contributed by atoms with Crippen LogP contribution in [-0.4, -0.2) is 34.5 Å². The van der Waals surface area contributed by atoms with Crippen molar-refractivity contribution in [1.29, 1.82) is 0 Å². The molecule has 0 saturated carbocycles. The number of hydrogen-bond donors (Lipinski definition) is 1. The van der Waals surface area contributed by atoms with Gasteiger partial charge in [-0.2, -0.15) is 0 Å². The van der Waals surface area contributed by atoms with Crippen molar-refractivity contribution in [2.45, 2.75) is 25.8 Å². The third kappa shape index (κ3) is 1.95. The second-order valence-electron chi connectivity index (χ2n) is 3.56. The molecule has 0 spiro atoms. The molecule has 0 aromatic heterocycles. The molecule has 2 unspecified atom stereocenters. The number of hydrogen-bond acceptors (Lipinski definition) is 2. The Morgan fingerprint density at radius 3 is 2.71 bits per heavy atom. The maximum atomic E-state index is 11.4. The van der Waals surface area contributed by atoms with Gasteiger partial charge in [0.15, 0.2) is 0 Å². The lowest BCUT2D eigenvalue weighted by Crippen LogP contribution is -2.48. The van der Waals surface area contributed by atoms with E-state index < -0.39 is 11.9 Å². The number of carbonyl (C=O) groups excluding carboxylic acids is 1. The normalized spacial score (nSPS) is 27.1. The quantitative estimate of drug-likeness (QED) is 0.669. The smallest absolute Gasteiger partial charge is 0.308 e. The summed E-state index contributed by atoms with van der Waals surface area (Å²) in [6, 6.07) is -0.230. The van der Waals surface area contributed by atoms with Crippen LogP contribution in [0.5, 0.6) is 0 Å². The van der Waals surface area contributed by atoms with Crippen LogP contribution in [0.2, 0.25) is 0 Å². The Morgan fingerprint density at radius 2 is 2.21 bits per heavy atom. The Morgan fingerprint density at radius 1 is 1.57 bits per heavy atom. The molecule has 1 heterocycles. The van der Waals surface area contributed by atoms with Crippen LogP contribution in [0.1, 0.15) is 19.8 Å². The number of carbonyl (C=O) groups is 2. The zero-order valence-corrected chi connectivity index (χ0v) is 8.27. The number of likely N-dealkylation sites (tertiary alicyclic amines) is 1. The molecule has 4 nitrogen and oxygen atoms in total. The van der Waals surface area contributed by atoms with Crippen molar-refractivity contribution in [2.24, 2.45) is 5.92 Å². The average Bonchev–Trinajstić information content (AvgIpc) is 2.16. The fourth-order valence-electron chi connectivity index (χ4n) is 1.90. The molecule has 2 atom stereocenters. The molecule has 0 radical (unpaired) electrons. The molecule has 1 amide bonds. The molecular weight excluding hydrogens is 182 g/mol. The Kier molecular flexibility index (Phi) is 3.28. The van der Waals surface area contributed by atoms with Gasteiger partial charge in [0.05, 0.1) is 5.92 Å². The number of aliphatic carboxylic acids is 1. The number of carboxylic acid groups (broad SMARTS) is 1. The first-order valence-electron chi connectivity index (χ1n) is 4.73. The van der Waals surface area contributed by atoms with E-state index in [1.807, 2.05) is 0 Å². The minimum absolute atomic E-state index is 0.177. The standard InChI is InChI=1S/C10H15NO3/c1-3-9(12)11-6-4-5-8(7(11)2)10(13)14/h3,7-8H,1,4-6H2,2H3,(H,13,14). The minimum atomic E-state index is -0.820. The van der Waals surface area contributed by atoms with E-state index >= 15 is 0 Å². The Hall–Kier alpha value is -1.32. The van der Waals surface area contributed by atoms with Crippen LogP contribution in [0.15, 0.2) is 12.7 Å². The highest BCUT2D eigenvalue weighted by molar-refractivity contribution is 5.88. The molecule has 1 saturated heterocycles. The van der Waals surface area contributed by atoms with Crippen LogP contribution in [0.25, 0.3) is 0 Å². The maximum Gasteiger partial charge on any atom is 0.308 e. The summed E-state index contributed by atoms with van der Waals surface area (Å²) in [5.74, 6) is -1.44. The van der Waals surface area contributed by atoms with Gasteiger partial charge in [0.25, 0.3) is 0 Å². The molecule has 1 aliphatic heterocycles. The van der Waals surface area contributed by atoms with Crippen molar-refractivity contribution in [3.8, 4) is 0 Å². The molecular formula is C10H15NO3. The average molecular weight is 197 g/mol. The molecule has 78 valence electrons. The minimum Gasteiger partial charge on any atom is -0.481 e. The fraction of sp³-hybridized carbons (Fsp3) is 0.600. The van der Waals surface area contributed by atoms with E-state index in [9.17, 15) is 9.59 Å². The van der Waals surface area contributed by atoms with Crippen molar-refractivity contribution in [1.82, 2.24) is 4.90 Å². The van der Waals surface area contributed by atoms with Gasteiger partial charge >= 0.3 is 5.97 Å². The molecule has 1 fully saturated rings. The summed E-state index contributed by atoms with van der Waals surface area (Å²) in [5.41, 5.74) is 0. The summed E-state index contributed by atoms with van der Waals surface area (Å²) >= 11 is 0. The van der Waals surface area contributed by atoms with Crippen LogP contribution < -0.4 is 0 Å². The predicted molar refractivity (Wildman–Crippen MR) is 51.7 cm³/mol. The molecule has 0 aliphatic carbocycles. The molecule has 1 rings (SSSR count). The van der Waals surface area contributed by atoms with Crippen LogP contribution in [0, 0.1) is 5.92 Å². The molecule has 0 aromatic rings. The summed E-state index contributed by atoms with van der Waals surface area (Å²) in [6.45, 7) is 5.81. The van der Waals surface area contributed by atoms with Crippen LogP contribution in [0.3, 0.4) is 0 Å². The topological polar surface area (TPSA) is 57.6 Å². The highest BCUT2D eigenvalue weighted by Gasteiger charge is 2.34. The van der Waals surface area contributed by atoms with Gasteiger partial charge in [0.2, 0.25) is 5.91 Å². The monoisotopic (exact) mass is 197 g/mol. The van der Waals surface area contributed by atoms with Crippen LogP contribution >= 0.6 is 0 Å². The SMILES string of the molecule is C=CC(=O)N1CCCC(C(=O)O)C1C. The van der Waals surface area contributed by atoms with Crippen molar-refractivity contribution < 1.29 is 14.7 Å². The lowest BCUT2D eigenvalue weighted by atomic mass is 9.90. The lowest BCUT2D eigenvalue weighted by molar-refractivity contribution is -0.147. The van der Waals surface area contributed by atoms with Gasteiger partial charge in [0.1, 0.15) is 0 Å². The van der Waals surface area contributed by atoms with Gasteiger partial charge in [-0.3, -0.25) is 9.59 Å². The van der Waals surface area contributed by atoms with E-state index in [0.29, 0.717) is 13.0 Å². The summed E-state index contributed by atoms with van der Waals surface area (Å²) in [5, 5.41) is 8.92. The van der Waals surface area contributed by atoms with E-state index in [4.69, 9.17) is 5.11 Å². The Labute approximate surface area is 83.2 Å². The molecule has 0 aromatic carbocycles. The highest BCUT2D eigenvalue weighted by Crippen LogP contribution is 2.23. The number of carboxylic acids is 1. The molecule has 4 heteroatoms. The van der Waals surface area contributed by atoms with Crippen molar-refractivity contribution in [2.75, 3.05) is 6.54 Å². The third-order valence-electron chi connectivity index (χ3n) is 2.76. The summed E-state index contributed by atoms with van der Waals surface area (Å²) < 4.78 is 0. The number of rotatable bonds is 2. The second-order valence-corrected chi connectivity index (χ2v) is 3.56. The van der Waals surface area contributed by atoms with Crippen molar-refractivity contribution in [3.63, 3.8) is 0 Å². The van der Waals surface area contributed by atoms with Crippen molar-refractivity contribution >= 4 is 11.9 Å². The van der Waals surface area contributed by atoms with Gasteiger partial charge in [0, 0.05) is 12.6 Å². The Bertz CT molecular complexity index is 262. The first kappa shape index (κ1) is 10.8. The maximum absolute atomic E-state index is 11.4. The second kappa shape index (κ2) is 4.26. The van der Waals surface area contributed by atoms with Crippen LogP contribution in [0.4, 0.5) is 0 Å². The summed E-state index contributed by atoms with van der Waals surface area (Å²) in [4.78, 5) is 23.8. The lowest BCUT2D eigenvalue weighted by Gasteiger charge is -2.36. The zero-order valence-electron chi connectivity index (χ0n) is 8.27. The summed E-state index contributed by atoms with van der Waals surface area (Å²) in [7, 11) is 0. The largest absolute Gasteiger partial charge is 0.481 e. The first-order valence-corrected chi connectivity index (χ1v) is 4.73. The first-order chi connectivity index (χ1) is 6.57. The third-order valence-corrected chi connectivity index (χ3v) is 2.76. The van der Waals surface area contributed by atoms with E-state index in [1.54, 1.807) is 11.8 Å². The van der Waals surface area contributed by atoms with Gasteiger partial charge in [-0.15, -0.1) is 0 Å². The van der Waals surface area contributed by atoms with Crippen LogP contribution in [-0.2, 0) is 9.59 Å². The number of piperidine rings is 1. The molecule has 0 bridgehead atoms. The predicted octanol–water partition coefficient (Wildman–Crippen LogP) is 0.884. The van der Waals surface area contributed by atoms with E-state index in [-0.39, 0.29) is 11.9 Å². The Balaban J connectivity index is 2.75. The van der Waals surface area contributed by atoms with E-state index in [1.165, 1.54) is 6.08 Å². The molecule has 1 aliphatic rings. The van der Waals surface area contributed by atoms with Crippen molar-refractivity contribution in [3.05, 3.63) is 12.7 Å². The molecule has 14 heavy (non-hydrogen) atoms. The highest BCUT2D eigenvalue weighted by atomic mass is 16.4. The van der Waals surface area contributed by atoms with E-state index in [0.717, 1.165) is 6.42 Å². The van der Waals surface area contributed by atoms with Gasteiger partial charge in [-0.25, -0.2) is 0 Å². The van der Waals surface area contributed by atoms with Gasteiger partial charge in [-0.05, 0) is 25.8 Å². The number of amides is 1.